The van der Waals surface area contributed by atoms with Gasteiger partial charge in [0, 0.05) is 39.3 Å². The summed E-state index contributed by atoms with van der Waals surface area (Å²) in [5, 5.41) is 0. The van der Waals surface area contributed by atoms with E-state index in [1.54, 1.807) is 0 Å². The predicted octanol–water partition coefficient (Wildman–Crippen LogP) is 2.85. The summed E-state index contributed by atoms with van der Waals surface area (Å²) < 4.78 is 0. The third-order valence-electron chi connectivity index (χ3n) is 4.18. The van der Waals surface area contributed by atoms with Gasteiger partial charge in [-0.2, -0.15) is 0 Å². The standard InChI is InChI=1S/C19H23N2/c1-3-7-18(8-4-1)11-12-20-13-15-21(16-14-20)17-19-9-5-2-6-10-19/h1-7,9-10H,11-17H2. The molecule has 3 rings (SSSR count). The lowest BCUT2D eigenvalue weighted by Gasteiger charge is -2.34. The Hall–Kier alpha value is -1.64. The van der Waals surface area contributed by atoms with Gasteiger partial charge in [0.15, 0.2) is 0 Å². The van der Waals surface area contributed by atoms with Crippen LogP contribution in [0.1, 0.15) is 11.1 Å². The van der Waals surface area contributed by atoms with Crippen molar-refractivity contribution in [1.82, 2.24) is 9.80 Å². The minimum Gasteiger partial charge on any atom is -0.300 e. The molecule has 1 radical (unpaired) electrons. The van der Waals surface area contributed by atoms with Gasteiger partial charge in [0.1, 0.15) is 0 Å². The topological polar surface area (TPSA) is 6.48 Å². The minimum atomic E-state index is 1.08. The molecule has 0 aliphatic carbocycles. The first-order chi connectivity index (χ1) is 10.4. The first kappa shape index (κ1) is 14.3. The molecule has 1 saturated heterocycles. The summed E-state index contributed by atoms with van der Waals surface area (Å²) in [7, 11) is 0. The molecule has 0 spiro atoms. The van der Waals surface area contributed by atoms with Gasteiger partial charge in [-0.25, -0.2) is 0 Å². The number of hydrogen-bond donors (Lipinski definition) is 0. The van der Waals surface area contributed by atoms with Crippen LogP contribution in [0.5, 0.6) is 0 Å². The molecule has 1 aliphatic heterocycles. The van der Waals surface area contributed by atoms with E-state index in [4.69, 9.17) is 0 Å². The second kappa shape index (κ2) is 7.39. The smallest absolute Gasteiger partial charge is 0.0234 e. The fraction of sp³-hybridized carbons (Fsp3) is 0.368. The van der Waals surface area contributed by atoms with Crippen LogP contribution in [0.25, 0.3) is 0 Å². The lowest BCUT2D eigenvalue weighted by molar-refractivity contribution is 0.128. The molecule has 1 aliphatic rings. The number of piperazine rings is 1. The van der Waals surface area contributed by atoms with Crippen molar-refractivity contribution in [3.8, 4) is 0 Å². The third kappa shape index (κ3) is 4.42. The Balaban J connectivity index is 1.41. The summed E-state index contributed by atoms with van der Waals surface area (Å²) in [5.74, 6) is 0. The highest BCUT2D eigenvalue weighted by atomic mass is 15.3. The van der Waals surface area contributed by atoms with Crippen LogP contribution in [0.4, 0.5) is 0 Å². The van der Waals surface area contributed by atoms with E-state index in [0.717, 1.165) is 19.5 Å². The lowest BCUT2D eigenvalue weighted by atomic mass is 10.1. The van der Waals surface area contributed by atoms with E-state index in [9.17, 15) is 0 Å². The zero-order valence-electron chi connectivity index (χ0n) is 12.5. The van der Waals surface area contributed by atoms with Gasteiger partial charge < -0.3 is 4.90 Å². The molecule has 0 unspecified atom stereocenters. The first-order valence-corrected chi connectivity index (χ1v) is 7.84. The Bertz CT molecular complexity index is 516. The molecule has 1 fully saturated rings. The Morgan fingerprint density at radius 2 is 1.52 bits per heavy atom. The molecule has 0 bridgehead atoms. The minimum absolute atomic E-state index is 1.08. The number of benzene rings is 2. The van der Waals surface area contributed by atoms with E-state index in [1.165, 1.54) is 37.3 Å². The maximum Gasteiger partial charge on any atom is 0.0234 e. The van der Waals surface area contributed by atoms with Crippen molar-refractivity contribution in [2.45, 2.75) is 13.0 Å². The molecule has 2 aromatic rings. The van der Waals surface area contributed by atoms with Crippen molar-refractivity contribution in [3.05, 3.63) is 71.8 Å². The molecule has 2 aromatic carbocycles. The molecule has 2 nitrogen and oxygen atoms in total. The SMILES string of the molecule is [c]1ccccc1CCN1CCN(Cc2ccccc2)CC1. The van der Waals surface area contributed by atoms with Crippen LogP contribution in [-0.4, -0.2) is 42.5 Å². The Morgan fingerprint density at radius 1 is 0.810 bits per heavy atom. The lowest BCUT2D eigenvalue weighted by Crippen LogP contribution is -2.46. The molecule has 2 heteroatoms. The summed E-state index contributed by atoms with van der Waals surface area (Å²) in [6.45, 7) is 6.95. The first-order valence-electron chi connectivity index (χ1n) is 7.84. The van der Waals surface area contributed by atoms with Crippen LogP contribution < -0.4 is 0 Å². The van der Waals surface area contributed by atoms with Gasteiger partial charge in [0.2, 0.25) is 0 Å². The van der Waals surface area contributed by atoms with Crippen LogP contribution in [0.15, 0.2) is 54.6 Å². The summed E-state index contributed by atoms with van der Waals surface area (Å²) in [6.07, 6.45) is 1.11. The van der Waals surface area contributed by atoms with Crippen LogP contribution in [0.2, 0.25) is 0 Å². The molecule has 0 aromatic heterocycles. The van der Waals surface area contributed by atoms with Crippen molar-refractivity contribution in [2.24, 2.45) is 0 Å². The van der Waals surface area contributed by atoms with E-state index in [-0.39, 0.29) is 0 Å². The van der Waals surface area contributed by atoms with Gasteiger partial charge >= 0.3 is 0 Å². The fourth-order valence-electron chi connectivity index (χ4n) is 2.88. The average molecular weight is 279 g/mol. The Kier molecular flexibility index (Phi) is 5.03. The summed E-state index contributed by atoms with van der Waals surface area (Å²) in [5.41, 5.74) is 2.74. The monoisotopic (exact) mass is 279 g/mol. The number of nitrogens with zero attached hydrogens (tertiary/aromatic N) is 2. The largest absolute Gasteiger partial charge is 0.300 e. The third-order valence-corrected chi connectivity index (χ3v) is 4.18. The maximum atomic E-state index is 3.31. The predicted molar refractivity (Wildman–Crippen MR) is 87.1 cm³/mol. The number of rotatable bonds is 5. The van der Waals surface area contributed by atoms with Gasteiger partial charge in [-0.1, -0.05) is 54.6 Å². The molecule has 21 heavy (non-hydrogen) atoms. The van der Waals surface area contributed by atoms with Crippen LogP contribution in [-0.2, 0) is 13.0 Å². The quantitative estimate of drug-likeness (QED) is 0.830. The molecule has 0 amide bonds. The van der Waals surface area contributed by atoms with E-state index in [0.29, 0.717) is 0 Å². The Morgan fingerprint density at radius 3 is 2.24 bits per heavy atom. The summed E-state index contributed by atoms with van der Waals surface area (Å²) >= 11 is 0. The van der Waals surface area contributed by atoms with Crippen LogP contribution >= 0.6 is 0 Å². The molecule has 0 atom stereocenters. The molecule has 109 valence electrons. The second-order valence-corrected chi connectivity index (χ2v) is 5.74. The maximum absolute atomic E-state index is 3.31. The Labute approximate surface area is 128 Å². The summed E-state index contributed by atoms with van der Waals surface area (Å²) in [4.78, 5) is 5.13. The average Bonchev–Trinajstić information content (AvgIpc) is 2.56. The van der Waals surface area contributed by atoms with Gasteiger partial charge in [0.05, 0.1) is 0 Å². The van der Waals surface area contributed by atoms with E-state index in [2.05, 4.69) is 58.3 Å². The molecule has 0 N–H and O–H groups in total. The molecular formula is C19H23N2. The van der Waals surface area contributed by atoms with E-state index in [1.807, 2.05) is 12.1 Å². The van der Waals surface area contributed by atoms with Gasteiger partial charge in [-0.15, -0.1) is 0 Å². The molecule has 1 heterocycles. The zero-order chi connectivity index (χ0) is 14.3. The van der Waals surface area contributed by atoms with Crippen molar-refractivity contribution in [3.63, 3.8) is 0 Å². The highest BCUT2D eigenvalue weighted by molar-refractivity contribution is 5.15. The molecular weight excluding hydrogens is 256 g/mol. The van der Waals surface area contributed by atoms with Crippen molar-refractivity contribution < 1.29 is 0 Å². The van der Waals surface area contributed by atoms with Crippen LogP contribution in [0.3, 0.4) is 0 Å². The highest BCUT2D eigenvalue weighted by Crippen LogP contribution is 2.09. The number of hydrogen-bond acceptors (Lipinski definition) is 2. The normalized spacial score (nSPS) is 17.0. The molecule has 0 saturated carbocycles. The van der Waals surface area contributed by atoms with Crippen molar-refractivity contribution >= 4 is 0 Å². The van der Waals surface area contributed by atoms with Crippen LogP contribution in [0, 0.1) is 6.07 Å². The fourth-order valence-corrected chi connectivity index (χ4v) is 2.88. The second-order valence-electron chi connectivity index (χ2n) is 5.74. The van der Waals surface area contributed by atoms with Gasteiger partial charge in [-0.3, -0.25) is 4.90 Å². The summed E-state index contributed by atoms with van der Waals surface area (Å²) in [6, 6.07) is 22.4. The van der Waals surface area contributed by atoms with Crippen molar-refractivity contribution in [2.75, 3.05) is 32.7 Å². The van der Waals surface area contributed by atoms with E-state index >= 15 is 0 Å². The highest BCUT2D eigenvalue weighted by Gasteiger charge is 2.16. The zero-order valence-corrected chi connectivity index (χ0v) is 12.5. The van der Waals surface area contributed by atoms with Gasteiger partial charge in [0.25, 0.3) is 0 Å². The van der Waals surface area contributed by atoms with E-state index < -0.39 is 0 Å². The van der Waals surface area contributed by atoms with Crippen molar-refractivity contribution in [1.29, 1.82) is 0 Å². The van der Waals surface area contributed by atoms with Gasteiger partial charge in [-0.05, 0) is 23.6 Å².